The lowest BCUT2D eigenvalue weighted by atomic mass is 10.1. The van der Waals surface area contributed by atoms with Crippen molar-refractivity contribution in [3.63, 3.8) is 0 Å². The summed E-state index contributed by atoms with van der Waals surface area (Å²) >= 11 is 1.24. The van der Waals surface area contributed by atoms with Gasteiger partial charge in [-0.05, 0) is 51.2 Å². The molecule has 1 aromatic heterocycles. The maximum atomic E-state index is 11.2. The van der Waals surface area contributed by atoms with Crippen molar-refractivity contribution < 1.29 is 9.90 Å². The van der Waals surface area contributed by atoms with Gasteiger partial charge in [-0.2, -0.15) is 4.37 Å². The lowest BCUT2D eigenvalue weighted by Gasteiger charge is -2.20. The van der Waals surface area contributed by atoms with Crippen LogP contribution >= 0.6 is 11.5 Å². The number of anilines is 1. The maximum absolute atomic E-state index is 11.2. The molecule has 1 unspecified atom stereocenters. The average molecular weight is 283 g/mol. The number of nitrogens with one attached hydrogen (secondary N) is 1. The zero-order chi connectivity index (χ0) is 14.0. The van der Waals surface area contributed by atoms with E-state index in [-0.39, 0.29) is 0 Å². The smallest absolute Gasteiger partial charge is 0.340 e. The van der Waals surface area contributed by atoms with Crippen molar-refractivity contribution >= 4 is 22.5 Å². The van der Waals surface area contributed by atoms with Gasteiger partial charge in [0.05, 0.1) is 5.69 Å². The summed E-state index contributed by atoms with van der Waals surface area (Å²) in [6, 6.07) is 0.588. The highest BCUT2D eigenvalue weighted by atomic mass is 32.1. The Balaban J connectivity index is 1.92. The minimum Gasteiger partial charge on any atom is -0.478 e. The fraction of sp³-hybridized carbons (Fsp3) is 0.692. The maximum Gasteiger partial charge on any atom is 0.340 e. The fourth-order valence-electron chi connectivity index (χ4n) is 2.48. The first-order chi connectivity index (χ1) is 8.99. The van der Waals surface area contributed by atoms with Gasteiger partial charge in [0, 0.05) is 19.1 Å². The molecule has 0 aliphatic carbocycles. The van der Waals surface area contributed by atoms with Crippen molar-refractivity contribution in [1.82, 2.24) is 9.27 Å². The minimum absolute atomic E-state index is 0.323. The Morgan fingerprint density at radius 2 is 2.37 bits per heavy atom. The number of carbonyl (C=O) groups is 1. The third-order valence-electron chi connectivity index (χ3n) is 3.68. The Morgan fingerprint density at radius 1 is 1.63 bits per heavy atom. The van der Waals surface area contributed by atoms with E-state index in [1.807, 2.05) is 0 Å². The Kier molecular flexibility index (Phi) is 4.42. The van der Waals surface area contributed by atoms with Gasteiger partial charge in [-0.15, -0.1) is 0 Å². The molecule has 1 saturated heterocycles. The van der Waals surface area contributed by atoms with E-state index in [1.54, 1.807) is 6.92 Å². The normalized spacial score (nSPS) is 20.1. The molecular weight excluding hydrogens is 262 g/mol. The number of hydrogen-bond donors (Lipinski definition) is 2. The predicted molar refractivity (Wildman–Crippen MR) is 77.1 cm³/mol. The Bertz CT molecular complexity index is 459. The summed E-state index contributed by atoms with van der Waals surface area (Å²) in [5.41, 5.74) is 0.916. The lowest BCUT2D eigenvalue weighted by molar-refractivity contribution is 0.0697. The van der Waals surface area contributed by atoms with Crippen molar-refractivity contribution in [1.29, 1.82) is 0 Å². The summed E-state index contributed by atoms with van der Waals surface area (Å²) in [4.78, 5) is 13.6. The number of rotatable bonds is 5. The monoisotopic (exact) mass is 283 g/mol. The van der Waals surface area contributed by atoms with Crippen LogP contribution in [0.3, 0.4) is 0 Å². The standard InChI is InChI=1S/C13H21N3O2S/c1-8(2)16-5-4-10(7-16)6-14-12-11(13(17)18)9(3)15-19-12/h8,10,14H,4-7H2,1-3H3,(H,17,18). The number of aromatic carboxylic acids is 1. The average Bonchev–Trinajstić information content (AvgIpc) is 2.92. The summed E-state index contributed by atoms with van der Waals surface area (Å²) < 4.78 is 4.11. The summed E-state index contributed by atoms with van der Waals surface area (Å²) in [7, 11) is 0. The second-order valence-electron chi connectivity index (χ2n) is 5.40. The molecule has 2 N–H and O–H groups in total. The van der Waals surface area contributed by atoms with Gasteiger partial charge >= 0.3 is 5.97 Å². The number of nitrogens with zero attached hydrogens (tertiary/aromatic N) is 2. The van der Waals surface area contributed by atoms with Gasteiger partial charge in [0.1, 0.15) is 10.6 Å². The van der Waals surface area contributed by atoms with Gasteiger partial charge in [-0.25, -0.2) is 4.79 Å². The van der Waals surface area contributed by atoms with E-state index in [2.05, 4.69) is 28.4 Å². The Morgan fingerprint density at radius 3 is 2.95 bits per heavy atom. The van der Waals surface area contributed by atoms with E-state index in [9.17, 15) is 4.79 Å². The summed E-state index contributed by atoms with van der Waals surface area (Å²) in [6.45, 7) is 9.21. The van der Waals surface area contributed by atoms with Crippen LogP contribution in [0, 0.1) is 12.8 Å². The van der Waals surface area contributed by atoms with Gasteiger partial charge in [0.25, 0.3) is 0 Å². The summed E-state index contributed by atoms with van der Waals surface area (Å²) in [5, 5.41) is 13.1. The van der Waals surface area contributed by atoms with Crippen molar-refractivity contribution in [3.05, 3.63) is 11.3 Å². The van der Waals surface area contributed by atoms with Crippen molar-refractivity contribution in [3.8, 4) is 0 Å². The molecule has 0 amide bonds. The van der Waals surface area contributed by atoms with Crippen LogP contribution in [0.1, 0.15) is 36.3 Å². The zero-order valence-corrected chi connectivity index (χ0v) is 12.5. The van der Waals surface area contributed by atoms with Crippen molar-refractivity contribution in [2.24, 2.45) is 5.92 Å². The Labute approximate surface area is 117 Å². The number of aromatic nitrogens is 1. The third kappa shape index (κ3) is 3.25. The van der Waals surface area contributed by atoms with Crippen LogP contribution in [0.5, 0.6) is 0 Å². The highest BCUT2D eigenvalue weighted by molar-refractivity contribution is 7.10. The largest absolute Gasteiger partial charge is 0.478 e. The van der Waals surface area contributed by atoms with Crippen molar-refractivity contribution in [2.75, 3.05) is 25.0 Å². The van der Waals surface area contributed by atoms with E-state index in [4.69, 9.17) is 5.11 Å². The number of hydrogen-bond acceptors (Lipinski definition) is 5. The molecule has 1 fully saturated rings. The van der Waals surface area contributed by atoms with E-state index in [0.29, 0.717) is 28.2 Å². The van der Waals surface area contributed by atoms with Crippen LogP contribution in [0.25, 0.3) is 0 Å². The molecule has 1 aromatic rings. The molecule has 1 atom stereocenters. The highest BCUT2D eigenvalue weighted by Gasteiger charge is 2.25. The number of likely N-dealkylation sites (tertiary alicyclic amines) is 1. The molecule has 2 rings (SSSR count). The number of aryl methyl sites for hydroxylation is 1. The zero-order valence-electron chi connectivity index (χ0n) is 11.6. The van der Waals surface area contributed by atoms with Crippen molar-refractivity contribution in [2.45, 2.75) is 33.2 Å². The van der Waals surface area contributed by atoms with E-state index >= 15 is 0 Å². The van der Waals surface area contributed by atoms with E-state index < -0.39 is 5.97 Å². The quantitative estimate of drug-likeness (QED) is 0.868. The third-order valence-corrected chi connectivity index (χ3v) is 4.57. The first-order valence-electron chi connectivity index (χ1n) is 6.66. The lowest BCUT2D eigenvalue weighted by Crippen LogP contribution is -2.29. The summed E-state index contributed by atoms with van der Waals surface area (Å²) in [6.07, 6.45) is 1.17. The Hall–Kier alpha value is -1.14. The molecule has 0 aromatic carbocycles. The fourth-order valence-corrected chi connectivity index (χ4v) is 3.27. The summed E-state index contributed by atoms with van der Waals surface area (Å²) in [5.74, 6) is -0.310. The van der Waals surface area contributed by atoms with Gasteiger partial charge in [-0.3, -0.25) is 0 Å². The molecule has 2 heterocycles. The van der Waals surface area contributed by atoms with Gasteiger partial charge < -0.3 is 15.3 Å². The molecule has 19 heavy (non-hydrogen) atoms. The second kappa shape index (κ2) is 5.88. The number of carboxylic acids is 1. The molecule has 106 valence electrons. The molecule has 0 radical (unpaired) electrons. The highest BCUT2D eigenvalue weighted by Crippen LogP contribution is 2.26. The minimum atomic E-state index is -0.899. The molecular formula is C13H21N3O2S. The van der Waals surface area contributed by atoms with E-state index in [1.165, 1.54) is 18.0 Å². The SMILES string of the molecule is Cc1nsc(NCC2CCN(C(C)C)C2)c1C(=O)O. The molecule has 1 aliphatic heterocycles. The first kappa shape index (κ1) is 14.3. The van der Waals surface area contributed by atoms with Gasteiger partial charge in [0.2, 0.25) is 0 Å². The molecule has 6 heteroatoms. The van der Waals surface area contributed by atoms with Crippen LogP contribution in [-0.2, 0) is 0 Å². The van der Waals surface area contributed by atoms with Crippen LogP contribution in [0.4, 0.5) is 5.00 Å². The van der Waals surface area contributed by atoms with Crippen LogP contribution in [0.15, 0.2) is 0 Å². The van der Waals surface area contributed by atoms with Crippen LogP contribution in [0.2, 0.25) is 0 Å². The molecule has 0 bridgehead atoms. The van der Waals surface area contributed by atoms with Crippen LogP contribution < -0.4 is 5.32 Å². The van der Waals surface area contributed by atoms with Gasteiger partial charge in [0.15, 0.2) is 0 Å². The van der Waals surface area contributed by atoms with Gasteiger partial charge in [-0.1, -0.05) is 0 Å². The van der Waals surface area contributed by atoms with E-state index in [0.717, 1.165) is 19.6 Å². The molecule has 1 aliphatic rings. The molecule has 0 saturated carbocycles. The topological polar surface area (TPSA) is 65.5 Å². The van der Waals surface area contributed by atoms with Crippen LogP contribution in [-0.4, -0.2) is 46.0 Å². The second-order valence-corrected chi connectivity index (χ2v) is 6.17. The number of carboxylic acid groups (broad SMARTS) is 1. The predicted octanol–water partition coefficient (Wildman–Crippen LogP) is 2.29. The molecule has 0 spiro atoms. The first-order valence-corrected chi connectivity index (χ1v) is 7.44. The molecule has 5 nitrogen and oxygen atoms in total.